The Morgan fingerprint density at radius 2 is 1.81 bits per heavy atom. The summed E-state index contributed by atoms with van der Waals surface area (Å²) in [5.74, 6) is -0.840. The lowest BCUT2D eigenvalue weighted by Crippen LogP contribution is -2.30. The number of ketones is 1. The molecule has 0 saturated heterocycles. The molecular formula is C24H23N3O4. The number of amides is 1. The molecule has 7 heteroatoms. The Labute approximate surface area is 180 Å². The zero-order valence-corrected chi connectivity index (χ0v) is 17.4. The lowest BCUT2D eigenvalue weighted by molar-refractivity contribution is -0.123. The largest absolute Gasteiger partial charge is 0.448 e. The minimum Gasteiger partial charge on any atom is -0.448 e. The summed E-state index contributed by atoms with van der Waals surface area (Å²) in [5, 5.41) is 7.28. The van der Waals surface area contributed by atoms with Crippen LogP contribution in [0.15, 0.2) is 60.7 Å². The van der Waals surface area contributed by atoms with Crippen LogP contribution in [0.1, 0.15) is 59.1 Å². The van der Waals surface area contributed by atoms with Gasteiger partial charge in [-0.15, -0.1) is 0 Å². The first kappa shape index (κ1) is 20.5. The number of hydrogen-bond acceptors (Lipinski definition) is 5. The van der Waals surface area contributed by atoms with E-state index in [-0.39, 0.29) is 11.5 Å². The predicted molar refractivity (Wildman–Crippen MR) is 115 cm³/mol. The number of carbonyl (C=O) groups excluding carboxylic acids is 3. The molecule has 0 spiro atoms. The van der Waals surface area contributed by atoms with Crippen LogP contribution < -0.4 is 5.32 Å². The van der Waals surface area contributed by atoms with Gasteiger partial charge >= 0.3 is 5.97 Å². The monoisotopic (exact) mass is 417 g/mol. The molecule has 1 aromatic heterocycles. The maximum absolute atomic E-state index is 12.9. The minimum absolute atomic E-state index is 0.101. The summed E-state index contributed by atoms with van der Waals surface area (Å²) >= 11 is 0. The Kier molecular flexibility index (Phi) is 5.66. The molecule has 1 aliphatic carbocycles. The van der Waals surface area contributed by atoms with Crippen LogP contribution in [0.4, 0.5) is 5.69 Å². The molecule has 7 nitrogen and oxygen atoms in total. The van der Waals surface area contributed by atoms with E-state index in [2.05, 4.69) is 10.4 Å². The minimum atomic E-state index is -1.03. The Balaban J connectivity index is 1.49. The van der Waals surface area contributed by atoms with E-state index in [1.54, 1.807) is 35.0 Å². The number of carbonyl (C=O) groups is 3. The molecule has 1 amide bonds. The molecule has 1 N–H and O–H groups in total. The van der Waals surface area contributed by atoms with Gasteiger partial charge in [-0.25, -0.2) is 9.48 Å². The van der Waals surface area contributed by atoms with Gasteiger partial charge in [0.1, 0.15) is 0 Å². The SMILES string of the molecule is CC(=O)c1cccc(NC(=O)[C@@H](C)OC(=O)c2cc(C3CC3)nn2-c2ccccc2)c1. The lowest BCUT2D eigenvalue weighted by Gasteiger charge is -2.14. The van der Waals surface area contributed by atoms with Gasteiger partial charge in [-0.05, 0) is 57.0 Å². The number of nitrogens with zero attached hydrogens (tertiary/aromatic N) is 2. The van der Waals surface area contributed by atoms with Crippen LogP contribution in [0.25, 0.3) is 5.69 Å². The van der Waals surface area contributed by atoms with Crippen LogP contribution in [0, 0.1) is 0 Å². The molecule has 0 unspecified atom stereocenters. The van der Waals surface area contributed by atoms with Gasteiger partial charge < -0.3 is 10.1 Å². The molecule has 0 aliphatic heterocycles. The topological polar surface area (TPSA) is 90.3 Å². The first-order chi connectivity index (χ1) is 14.9. The fraction of sp³-hybridized carbons (Fsp3) is 0.250. The first-order valence-corrected chi connectivity index (χ1v) is 10.2. The third-order valence-electron chi connectivity index (χ3n) is 5.12. The molecule has 1 heterocycles. The molecule has 4 rings (SSSR count). The van der Waals surface area contributed by atoms with Crippen molar-refractivity contribution in [3.05, 3.63) is 77.6 Å². The number of aromatic nitrogens is 2. The highest BCUT2D eigenvalue weighted by Crippen LogP contribution is 2.39. The van der Waals surface area contributed by atoms with E-state index in [1.165, 1.54) is 13.8 Å². The van der Waals surface area contributed by atoms with Gasteiger partial charge in [0, 0.05) is 17.2 Å². The second-order valence-corrected chi connectivity index (χ2v) is 7.65. The zero-order chi connectivity index (χ0) is 22.0. The van der Waals surface area contributed by atoms with E-state index in [0.717, 1.165) is 24.2 Å². The fourth-order valence-electron chi connectivity index (χ4n) is 3.22. The zero-order valence-electron chi connectivity index (χ0n) is 17.4. The van der Waals surface area contributed by atoms with Crippen molar-refractivity contribution in [2.24, 2.45) is 0 Å². The van der Waals surface area contributed by atoms with Gasteiger partial charge in [-0.1, -0.05) is 30.3 Å². The molecule has 1 saturated carbocycles. The van der Waals surface area contributed by atoms with Gasteiger partial charge in [0.25, 0.3) is 5.91 Å². The van der Waals surface area contributed by atoms with E-state index < -0.39 is 18.0 Å². The highest BCUT2D eigenvalue weighted by Gasteiger charge is 2.30. The normalized spacial score (nSPS) is 14.0. The van der Waals surface area contributed by atoms with Crippen molar-refractivity contribution < 1.29 is 19.1 Å². The maximum Gasteiger partial charge on any atom is 0.357 e. The lowest BCUT2D eigenvalue weighted by atomic mass is 10.1. The van der Waals surface area contributed by atoms with Crippen LogP contribution in [0.3, 0.4) is 0 Å². The van der Waals surface area contributed by atoms with E-state index in [1.807, 2.05) is 30.3 Å². The van der Waals surface area contributed by atoms with Gasteiger partial charge in [-0.2, -0.15) is 5.10 Å². The number of esters is 1. The smallest absolute Gasteiger partial charge is 0.357 e. The van der Waals surface area contributed by atoms with Crippen molar-refractivity contribution in [3.8, 4) is 5.69 Å². The number of anilines is 1. The molecule has 3 aromatic rings. The summed E-state index contributed by atoms with van der Waals surface area (Å²) in [4.78, 5) is 37.0. The van der Waals surface area contributed by atoms with Crippen molar-refractivity contribution in [1.82, 2.24) is 9.78 Å². The van der Waals surface area contributed by atoms with Gasteiger partial charge in [-0.3, -0.25) is 9.59 Å². The second kappa shape index (κ2) is 8.55. The summed E-state index contributed by atoms with van der Waals surface area (Å²) in [6.07, 6.45) is 1.08. The fourth-order valence-corrected chi connectivity index (χ4v) is 3.22. The summed E-state index contributed by atoms with van der Waals surface area (Å²) < 4.78 is 7.01. The van der Waals surface area contributed by atoms with Crippen molar-refractivity contribution >= 4 is 23.3 Å². The molecule has 1 atom stereocenters. The second-order valence-electron chi connectivity index (χ2n) is 7.65. The molecule has 31 heavy (non-hydrogen) atoms. The quantitative estimate of drug-likeness (QED) is 0.461. The number of ether oxygens (including phenoxy) is 1. The Morgan fingerprint density at radius 3 is 2.48 bits per heavy atom. The Morgan fingerprint density at radius 1 is 1.06 bits per heavy atom. The molecule has 1 aliphatic rings. The van der Waals surface area contributed by atoms with Gasteiger partial charge in [0.05, 0.1) is 11.4 Å². The van der Waals surface area contributed by atoms with Gasteiger partial charge in [0.15, 0.2) is 17.6 Å². The number of hydrogen-bond donors (Lipinski definition) is 1. The van der Waals surface area contributed by atoms with Crippen molar-refractivity contribution in [2.75, 3.05) is 5.32 Å². The van der Waals surface area contributed by atoms with Crippen molar-refractivity contribution in [1.29, 1.82) is 0 Å². The van der Waals surface area contributed by atoms with Crippen molar-refractivity contribution in [3.63, 3.8) is 0 Å². The highest BCUT2D eigenvalue weighted by atomic mass is 16.5. The van der Waals surface area contributed by atoms with Crippen LogP contribution in [-0.2, 0) is 9.53 Å². The van der Waals surface area contributed by atoms with E-state index in [4.69, 9.17) is 4.74 Å². The number of para-hydroxylation sites is 1. The molecule has 2 aromatic carbocycles. The Hall–Kier alpha value is -3.74. The van der Waals surface area contributed by atoms with E-state index in [0.29, 0.717) is 17.2 Å². The third-order valence-corrected chi connectivity index (χ3v) is 5.12. The first-order valence-electron chi connectivity index (χ1n) is 10.2. The molecule has 1 fully saturated rings. The maximum atomic E-state index is 12.9. The molecule has 158 valence electrons. The van der Waals surface area contributed by atoms with Crippen LogP contribution in [-0.4, -0.2) is 33.5 Å². The van der Waals surface area contributed by atoms with Gasteiger partial charge in [0.2, 0.25) is 0 Å². The number of nitrogens with one attached hydrogen (secondary N) is 1. The Bertz CT molecular complexity index is 1130. The average molecular weight is 417 g/mol. The standard InChI is InChI=1S/C24H23N3O4/c1-15(28)18-7-6-8-19(13-18)25-23(29)16(2)31-24(30)22-14-21(17-11-12-17)26-27(22)20-9-4-3-5-10-20/h3-10,13-14,16-17H,11-12H2,1-2H3,(H,25,29)/t16-/m1/s1. The van der Waals surface area contributed by atoms with Crippen LogP contribution in [0.5, 0.6) is 0 Å². The highest BCUT2D eigenvalue weighted by molar-refractivity contribution is 5.99. The van der Waals surface area contributed by atoms with Crippen LogP contribution in [0.2, 0.25) is 0 Å². The van der Waals surface area contributed by atoms with Crippen LogP contribution >= 0.6 is 0 Å². The molecule has 0 bridgehead atoms. The summed E-state index contributed by atoms with van der Waals surface area (Å²) in [5.41, 5.74) is 2.84. The summed E-state index contributed by atoms with van der Waals surface area (Å²) in [6, 6.07) is 17.7. The number of rotatable bonds is 7. The average Bonchev–Trinajstić information content (AvgIpc) is 3.52. The summed E-state index contributed by atoms with van der Waals surface area (Å²) in [7, 11) is 0. The predicted octanol–water partition coefficient (Wildman–Crippen LogP) is 4.14. The van der Waals surface area contributed by atoms with E-state index in [9.17, 15) is 14.4 Å². The number of Topliss-reactive ketones (excluding diaryl/α,β-unsaturated/α-hetero) is 1. The van der Waals surface area contributed by atoms with E-state index >= 15 is 0 Å². The van der Waals surface area contributed by atoms with Crippen molar-refractivity contribution in [2.45, 2.75) is 38.7 Å². The third kappa shape index (κ3) is 4.71. The summed E-state index contributed by atoms with van der Waals surface area (Å²) in [6.45, 7) is 2.96. The molecular weight excluding hydrogens is 394 g/mol. The number of benzene rings is 2. The molecule has 0 radical (unpaired) electrons.